The first-order valence-electron chi connectivity index (χ1n) is 15.8. The van der Waals surface area contributed by atoms with Gasteiger partial charge in [-0.2, -0.15) is 0 Å². The lowest BCUT2D eigenvalue weighted by Crippen LogP contribution is -2.00. The Kier molecular flexibility index (Phi) is 5.98. The van der Waals surface area contributed by atoms with Crippen LogP contribution in [-0.4, -0.2) is 19.9 Å². The molecule has 3 heterocycles. The molecule has 0 bridgehead atoms. The maximum atomic E-state index is 6.29. The molecule has 0 N–H and O–H groups in total. The smallest absolute Gasteiger partial charge is 0.227 e. The van der Waals surface area contributed by atoms with Crippen LogP contribution in [0.25, 0.3) is 98.4 Å². The monoisotopic (exact) mass is 632 g/mol. The van der Waals surface area contributed by atoms with Crippen molar-refractivity contribution in [3.05, 3.63) is 146 Å². The van der Waals surface area contributed by atoms with Crippen LogP contribution < -0.4 is 0 Å². The van der Waals surface area contributed by atoms with Gasteiger partial charge in [0.25, 0.3) is 0 Å². The van der Waals surface area contributed by atoms with Crippen molar-refractivity contribution in [3.63, 3.8) is 0 Å². The Morgan fingerprint density at radius 2 is 1.15 bits per heavy atom. The molecule has 3 aromatic heterocycles. The van der Waals surface area contributed by atoms with Crippen molar-refractivity contribution < 1.29 is 4.42 Å². The zero-order valence-corrected chi connectivity index (χ0v) is 26.3. The largest absolute Gasteiger partial charge is 0.436 e. The summed E-state index contributed by atoms with van der Waals surface area (Å²) in [6.45, 7) is 0. The summed E-state index contributed by atoms with van der Waals surface area (Å²) in [4.78, 5) is 20.1. The van der Waals surface area contributed by atoms with E-state index >= 15 is 0 Å². The highest BCUT2D eigenvalue weighted by atomic mass is 32.1. The zero-order chi connectivity index (χ0) is 31.6. The van der Waals surface area contributed by atoms with Crippen molar-refractivity contribution in [1.82, 2.24) is 19.9 Å². The Labute approximate surface area is 278 Å². The van der Waals surface area contributed by atoms with E-state index in [1.165, 1.54) is 16.2 Å². The molecule has 7 aromatic carbocycles. The fourth-order valence-electron chi connectivity index (χ4n) is 6.63. The number of oxazole rings is 1. The van der Waals surface area contributed by atoms with E-state index in [4.69, 9.17) is 24.4 Å². The summed E-state index contributed by atoms with van der Waals surface area (Å²) in [6, 6.07) is 50.0. The predicted molar refractivity (Wildman–Crippen MR) is 197 cm³/mol. The van der Waals surface area contributed by atoms with Crippen molar-refractivity contribution in [1.29, 1.82) is 0 Å². The van der Waals surface area contributed by atoms with Crippen LogP contribution in [0.3, 0.4) is 0 Å². The average molecular weight is 633 g/mol. The number of thiophene rings is 1. The van der Waals surface area contributed by atoms with Gasteiger partial charge < -0.3 is 4.42 Å². The number of hydrogen-bond donors (Lipinski definition) is 0. The Morgan fingerprint density at radius 1 is 0.438 bits per heavy atom. The van der Waals surface area contributed by atoms with Crippen LogP contribution in [0.2, 0.25) is 0 Å². The Bertz CT molecular complexity index is 2840. The summed E-state index contributed by atoms with van der Waals surface area (Å²) in [7, 11) is 0. The molecule has 0 saturated heterocycles. The molecule has 10 aromatic rings. The van der Waals surface area contributed by atoms with Gasteiger partial charge in [-0.3, -0.25) is 0 Å². The van der Waals surface area contributed by atoms with Gasteiger partial charge in [0, 0.05) is 42.4 Å². The lowest BCUT2D eigenvalue weighted by atomic mass is 10.00. The van der Waals surface area contributed by atoms with E-state index in [0.29, 0.717) is 23.4 Å². The SMILES string of the molecule is c1ccc(-c2nc(-c3ccc4c(ccc5ccccc54)c3)nc(-c3cccc4sc5cc6nc(-c7ccccc7)oc6cc5c34)n2)cc1. The van der Waals surface area contributed by atoms with Crippen LogP contribution in [-0.2, 0) is 0 Å². The quantitative estimate of drug-likeness (QED) is 0.181. The first-order chi connectivity index (χ1) is 23.7. The predicted octanol–water partition coefficient (Wildman–Crippen LogP) is 11.4. The van der Waals surface area contributed by atoms with E-state index in [-0.39, 0.29) is 0 Å². The third kappa shape index (κ3) is 4.38. The molecule has 224 valence electrons. The van der Waals surface area contributed by atoms with Crippen molar-refractivity contribution >= 4 is 64.2 Å². The molecule has 0 unspecified atom stereocenters. The van der Waals surface area contributed by atoms with Gasteiger partial charge in [0.2, 0.25) is 5.89 Å². The fourth-order valence-corrected chi connectivity index (χ4v) is 7.78. The van der Waals surface area contributed by atoms with E-state index in [2.05, 4.69) is 84.9 Å². The second kappa shape index (κ2) is 10.7. The second-order valence-electron chi connectivity index (χ2n) is 11.9. The Balaban J connectivity index is 1.18. The Hall–Kier alpha value is -6.24. The van der Waals surface area contributed by atoms with Gasteiger partial charge in [-0.15, -0.1) is 11.3 Å². The first kappa shape index (κ1) is 26.9. The molecular formula is C42H24N4OS. The fraction of sp³-hybridized carbons (Fsp3) is 0. The van der Waals surface area contributed by atoms with Crippen LogP contribution in [0, 0.1) is 0 Å². The molecular weight excluding hydrogens is 609 g/mol. The second-order valence-corrected chi connectivity index (χ2v) is 13.0. The zero-order valence-electron chi connectivity index (χ0n) is 25.5. The highest BCUT2D eigenvalue weighted by molar-refractivity contribution is 7.26. The van der Waals surface area contributed by atoms with Crippen molar-refractivity contribution in [3.8, 4) is 45.6 Å². The Morgan fingerprint density at radius 3 is 2.00 bits per heavy atom. The third-order valence-corrected chi connectivity index (χ3v) is 10.1. The summed E-state index contributed by atoms with van der Waals surface area (Å²) < 4.78 is 8.58. The molecule has 0 fully saturated rings. The van der Waals surface area contributed by atoms with E-state index in [0.717, 1.165) is 58.9 Å². The minimum Gasteiger partial charge on any atom is -0.436 e. The van der Waals surface area contributed by atoms with Crippen LogP contribution >= 0.6 is 11.3 Å². The maximum Gasteiger partial charge on any atom is 0.227 e. The standard InChI is InChI=1S/C42H24N4OS/c1-3-11-26(12-4-1)39-44-40(29-20-21-31-28(22-29)19-18-25-10-7-8-15-30(25)31)46-41(45-39)32-16-9-17-36-38(32)33-23-35-34(24-37(33)48-36)43-42(47-35)27-13-5-2-6-14-27/h1-24H. The van der Waals surface area contributed by atoms with Crippen molar-refractivity contribution in [2.45, 2.75) is 0 Å². The summed E-state index contributed by atoms with van der Waals surface area (Å²) in [5, 5.41) is 6.99. The van der Waals surface area contributed by atoms with Crippen LogP contribution in [0.15, 0.2) is 150 Å². The number of hydrogen-bond acceptors (Lipinski definition) is 6. The number of fused-ring (bicyclic) bond motifs is 7. The van der Waals surface area contributed by atoms with Gasteiger partial charge in [-0.1, -0.05) is 109 Å². The number of aromatic nitrogens is 4. The average Bonchev–Trinajstić information content (AvgIpc) is 3.74. The molecule has 0 aliphatic heterocycles. The molecule has 6 heteroatoms. The number of benzene rings is 7. The number of nitrogens with zero attached hydrogens (tertiary/aromatic N) is 4. The maximum absolute atomic E-state index is 6.29. The molecule has 0 atom stereocenters. The topological polar surface area (TPSA) is 64.7 Å². The molecule has 0 amide bonds. The minimum atomic E-state index is 0.616. The molecule has 0 aliphatic rings. The summed E-state index contributed by atoms with van der Waals surface area (Å²) in [6.07, 6.45) is 0. The third-order valence-electron chi connectivity index (χ3n) is 8.94. The van der Waals surface area contributed by atoms with Crippen molar-refractivity contribution in [2.75, 3.05) is 0 Å². The molecule has 0 saturated carbocycles. The summed E-state index contributed by atoms with van der Waals surface area (Å²) >= 11 is 1.74. The minimum absolute atomic E-state index is 0.616. The van der Waals surface area contributed by atoms with E-state index in [1.54, 1.807) is 11.3 Å². The molecule has 0 radical (unpaired) electrons. The highest BCUT2D eigenvalue weighted by Gasteiger charge is 2.19. The van der Waals surface area contributed by atoms with E-state index in [1.807, 2.05) is 60.7 Å². The lowest BCUT2D eigenvalue weighted by Gasteiger charge is -2.11. The van der Waals surface area contributed by atoms with Crippen LogP contribution in [0.1, 0.15) is 0 Å². The van der Waals surface area contributed by atoms with Crippen LogP contribution in [0.4, 0.5) is 0 Å². The highest BCUT2D eigenvalue weighted by Crippen LogP contribution is 2.42. The molecule has 10 rings (SSSR count). The lowest BCUT2D eigenvalue weighted by molar-refractivity contribution is 0.620. The van der Waals surface area contributed by atoms with Gasteiger partial charge in [0.1, 0.15) is 5.52 Å². The molecule has 0 aliphatic carbocycles. The van der Waals surface area contributed by atoms with Gasteiger partial charge >= 0.3 is 0 Å². The molecule has 48 heavy (non-hydrogen) atoms. The summed E-state index contributed by atoms with van der Waals surface area (Å²) in [5.41, 5.74) is 5.38. The van der Waals surface area contributed by atoms with Gasteiger partial charge in [0.15, 0.2) is 23.1 Å². The van der Waals surface area contributed by atoms with Crippen LogP contribution in [0.5, 0.6) is 0 Å². The van der Waals surface area contributed by atoms with E-state index < -0.39 is 0 Å². The molecule has 5 nitrogen and oxygen atoms in total. The van der Waals surface area contributed by atoms with Gasteiger partial charge in [-0.25, -0.2) is 19.9 Å². The van der Waals surface area contributed by atoms with Crippen molar-refractivity contribution in [2.24, 2.45) is 0 Å². The first-order valence-corrected chi connectivity index (χ1v) is 16.6. The normalized spacial score (nSPS) is 11.8. The summed E-state index contributed by atoms with van der Waals surface area (Å²) in [5.74, 6) is 2.52. The molecule has 0 spiro atoms. The van der Waals surface area contributed by atoms with E-state index in [9.17, 15) is 0 Å². The number of rotatable bonds is 4. The van der Waals surface area contributed by atoms with Gasteiger partial charge in [0.05, 0.1) is 0 Å². The van der Waals surface area contributed by atoms with Gasteiger partial charge in [-0.05, 0) is 57.9 Å².